The Morgan fingerprint density at radius 2 is 2.24 bits per heavy atom. The van der Waals surface area contributed by atoms with Gasteiger partial charge in [0.15, 0.2) is 0 Å². The van der Waals surface area contributed by atoms with Gasteiger partial charge in [0.2, 0.25) is 5.95 Å². The minimum atomic E-state index is -0.492. The number of anilines is 1. The second kappa shape index (κ2) is 6.61. The van der Waals surface area contributed by atoms with Crippen LogP contribution >= 0.6 is 0 Å². The third-order valence-corrected chi connectivity index (χ3v) is 4.63. The first-order valence-electron chi connectivity index (χ1n) is 8.97. The van der Waals surface area contributed by atoms with Gasteiger partial charge < -0.3 is 25.0 Å². The Labute approximate surface area is 147 Å². The molecule has 2 aliphatic rings. The van der Waals surface area contributed by atoms with E-state index in [9.17, 15) is 9.90 Å². The summed E-state index contributed by atoms with van der Waals surface area (Å²) in [5.41, 5.74) is 5.59. The molecule has 0 aromatic carbocycles. The first-order chi connectivity index (χ1) is 11.7. The molecule has 3 N–H and O–H groups in total. The van der Waals surface area contributed by atoms with Crippen LogP contribution < -0.4 is 16.4 Å². The highest BCUT2D eigenvalue weighted by Gasteiger charge is 2.28. The van der Waals surface area contributed by atoms with Crippen LogP contribution in [0.2, 0.25) is 0 Å². The van der Waals surface area contributed by atoms with Gasteiger partial charge in [0.1, 0.15) is 16.7 Å². The van der Waals surface area contributed by atoms with Crippen molar-refractivity contribution in [2.45, 2.75) is 58.6 Å². The molecule has 7 heteroatoms. The monoisotopic (exact) mass is 348 g/mol. The Morgan fingerprint density at radius 1 is 1.48 bits per heavy atom. The van der Waals surface area contributed by atoms with Crippen molar-refractivity contribution in [1.29, 1.82) is 0 Å². The van der Waals surface area contributed by atoms with E-state index in [-0.39, 0.29) is 12.0 Å². The number of fused-ring (bicyclic) bond motifs is 1. The largest absolute Gasteiger partial charge is 0.510 e. The summed E-state index contributed by atoms with van der Waals surface area (Å²) in [7, 11) is 0. The number of hydrogen-bond acceptors (Lipinski definition) is 5. The molecule has 0 bridgehead atoms. The zero-order chi connectivity index (χ0) is 18.2. The van der Waals surface area contributed by atoms with Gasteiger partial charge in [-0.15, -0.1) is 0 Å². The molecule has 2 heterocycles. The van der Waals surface area contributed by atoms with Crippen LogP contribution in [0.4, 0.5) is 10.7 Å². The van der Waals surface area contributed by atoms with Crippen molar-refractivity contribution >= 4 is 23.9 Å². The lowest BCUT2D eigenvalue weighted by atomic mass is 9.98. The number of nitrogen functional groups attached to an aromatic ring is 1. The number of ether oxygens (including phenoxy) is 1. The summed E-state index contributed by atoms with van der Waals surface area (Å²) in [6.07, 6.45) is 5.09. The number of nitrogens with zero attached hydrogens (tertiary/aromatic N) is 3. The van der Waals surface area contributed by atoms with Gasteiger partial charge in [-0.3, -0.25) is 0 Å². The van der Waals surface area contributed by atoms with Crippen molar-refractivity contribution < 1.29 is 14.6 Å². The Balaban J connectivity index is 1.76. The molecule has 1 aliphatic carbocycles. The first kappa shape index (κ1) is 17.6. The highest BCUT2D eigenvalue weighted by Crippen LogP contribution is 2.21. The fraction of sp³-hybridized carbons (Fsp3) is 0.667. The lowest BCUT2D eigenvalue weighted by Gasteiger charge is -2.34. The molecule has 1 aromatic heterocycles. The molecular formula is C18H28N4O3. The number of aromatic nitrogens is 2. The molecular weight excluding hydrogens is 320 g/mol. The summed E-state index contributed by atoms with van der Waals surface area (Å²) >= 11 is 0. The van der Waals surface area contributed by atoms with Crippen molar-refractivity contribution in [1.82, 2.24) is 14.5 Å². The number of carbonyl (C=O) groups excluding carboxylic acids is 1. The number of imidazole rings is 1. The highest BCUT2D eigenvalue weighted by atomic mass is 16.6. The zero-order valence-corrected chi connectivity index (χ0v) is 15.3. The molecule has 1 aliphatic heterocycles. The number of likely N-dealkylation sites (tertiary alicyclic amines) is 1. The summed E-state index contributed by atoms with van der Waals surface area (Å²) in [6, 6.07) is 0. The smallest absolute Gasteiger partial charge is 0.410 e. The Morgan fingerprint density at radius 3 is 2.96 bits per heavy atom. The average Bonchev–Trinajstić information content (AvgIpc) is 2.83. The summed E-state index contributed by atoms with van der Waals surface area (Å²) in [4.78, 5) is 18.5. The molecule has 1 aromatic rings. The minimum absolute atomic E-state index is 0.261. The van der Waals surface area contributed by atoms with E-state index in [2.05, 4.69) is 4.98 Å². The van der Waals surface area contributed by atoms with Crippen LogP contribution in [0.1, 0.15) is 46.5 Å². The number of piperidine rings is 1. The highest BCUT2D eigenvalue weighted by molar-refractivity contribution is 5.68. The molecule has 0 saturated carbocycles. The minimum Gasteiger partial charge on any atom is -0.510 e. The van der Waals surface area contributed by atoms with E-state index >= 15 is 0 Å². The van der Waals surface area contributed by atoms with E-state index in [0.29, 0.717) is 37.8 Å². The van der Waals surface area contributed by atoms with Gasteiger partial charge in [0.25, 0.3) is 0 Å². The van der Waals surface area contributed by atoms with Crippen LogP contribution in [0.5, 0.6) is 0 Å². The standard InChI is InChI=1S/C18H28N4O3/c1-18(2,3)25-17(24)21-9-5-6-12(10-21)11-22-15-13(20-16(22)19)7-4-8-14(15)23/h7,12,23H,4-6,8-11H2,1-3H3,(H2,19,20). The van der Waals surface area contributed by atoms with Crippen LogP contribution in [0.25, 0.3) is 11.8 Å². The normalized spacial score (nSPS) is 20.8. The van der Waals surface area contributed by atoms with Gasteiger partial charge in [-0.25, -0.2) is 9.78 Å². The van der Waals surface area contributed by atoms with Gasteiger partial charge >= 0.3 is 6.09 Å². The molecule has 7 nitrogen and oxygen atoms in total. The van der Waals surface area contributed by atoms with Gasteiger partial charge in [0, 0.05) is 26.1 Å². The molecule has 0 radical (unpaired) electrons. The van der Waals surface area contributed by atoms with E-state index in [1.807, 2.05) is 31.4 Å². The Kier molecular flexibility index (Phi) is 4.67. The molecule has 1 saturated heterocycles. The topological polar surface area (TPSA) is 93.6 Å². The van der Waals surface area contributed by atoms with Gasteiger partial charge in [-0.1, -0.05) is 6.08 Å². The molecule has 138 valence electrons. The molecule has 1 unspecified atom stereocenters. The van der Waals surface area contributed by atoms with E-state index in [0.717, 1.165) is 30.0 Å². The SMILES string of the molecule is CC(C)(C)OC(=O)N1CCCC(Cn2c(N)nc3c2=C(O)CCC=3)C1. The van der Waals surface area contributed by atoms with Crippen LogP contribution in [-0.2, 0) is 11.3 Å². The average molecular weight is 348 g/mol. The number of rotatable bonds is 2. The summed E-state index contributed by atoms with van der Waals surface area (Å²) in [6.45, 7) is 7.62. The fourth-order valence-corrected chi connectivity index (χ4v) is 3.55. The van der Waals surface area contributed by atoms with Crippen LogP contribution in [0, 0.1) is 5.92 Å². The van der Waals surface area contributed by atoms with Crippen LogP contribution in [-0.4, -0.2) is 44.3 Å². The van der Waals surface area contributed by atoms with Crippen molar-refractivity contribution in [2.75, 3.05) is 18.8 Å². The molecule has 25 heavy (non-hydrogen) atoms. The van der Waals surface area contributed by atoms with Gasteiger partial charge in [0.05, 0.1) is 5.35 Å². The van der Waals surface area contributed by atoms with Gasteiger partial charge in [-0.05, 0) is 46.0 Å². The number of hydrogen-bond donors (Lipinski definition) is 2. The predicted molar refractivity (Wildman–Crippen MR) is 96.2 cm³/mol. The Hall–Kier alpha value is -2.18. The molecule has 1 amide bonds. The van der Waals surface area contributed by atoms with Crippen molar-refractivity contribution in [3.63, 3.8) is 0 Å². The summed E-state index contributed by atoms with van der Waals surface area (Å²) < 4.78 is 7.38. The van der Waals surface area contributed by atoms with E-state index in [1.165, 1.54) is 0 Å². The van der Waals surface area contributed by atoms with E-state index in [1.54, 1.807) is 4.90 Å². The maximum Gasteiger partial charge on any atom is 0.410 e. The summed E-state index contributed by atoms with van der Waals surface area (Å²) in [5.74, 6) is 1.03. The number of aliphatic hydroxyl groups is 1. The third-order valence-electron chi connectivity index (χ3n) is 4.63. The Bertz CT molecular complexity index is 775. The van der Waals surface area contributed by atoms with E-state index < -0.39 is 5.60 Å². The predicted octanol–water partition coefficient (Wildman–Crippen LogP) is 1.35. The first-order valence-corrected chi connectivity index (χ1v) is 8.97. The molecule has 0 spiro atoms. The van der Waals surface area contributed by atoms with Crippen LogP contribution in [0.15, 0.2) is 0 Å². The number of nitrogens with two attached hydrogens (primary N) is 1. The zero-order valence-electron chi connectivity index (χ0n) is 15.3. The molecule has 1 fully saturated rings. The molecule has 3 rings (SSSR count). The number of aliphatic hydroxyl groups excluding tert-OH is 1. The fourth-order valence-electron chi connectivity index (χ4n) is 3.55. The maximum absolute atomic E-state index is 12.3. The van der Waals surface area contributed by atoms with Crippen molar-refractivity contribution in [3.8, 4) is 0 Å². The lowest BCUT2D eigenvalue weighted by Crippen LogP contribution is -2.45. The maximum atomic E-state index is 12.3. The summed E-state index contributed by atoms with van der Waals surface area (Å²) in [5, 5.41) is 11.7. The second-order valence-corrected chi connectivity index (χ2v) is 7.94. The number of amides is 1. The van der Waals surface area contributed by atoms with Gasteiger partial charge in [-0.2, -0.15) is 0 Å². The van der Waals surface area contributed by atoms with Crippen molar-refractivity contribution in [2.24, 2.45) is 5.92 Å². The molecule has 1 atom stereocenters. The van der Waals surface area contributed by atoms with E-state index in [4.69, 9.17) is 10.5 Å². The third kappa shape index (κ3) is 3.91. The quantitative estimate of drug-likeness (QED) is 0.841. The van der Waals surface area contributed by atoms with Crippen LogP contribution in [0.3, 0.4) is 0 Å². The van der Waals surface area contributed by atoms with Crippen molar-refractivity contribution in [3.05, 3.63) is 10.7 Å². The number of carbonyl (C=O) groups is 1. The lowest BCUT2D eigenvalue weighted by molar-refractivity contribution is 0.0157. The second-order valence-electron chi connectivity index (χ2n) is 7.94.